The van der Waals surface area contributed by atoms with Crippen LogP contribution in [0.25, 0.3) is 0 Å². The van der Waals surface area contributed by atoms with Gasteiger partial charge in [-0.1, -0.05) is 12.1 Å². The lowest BCUT2D eigenvalue weighted by molar-refractivity contribution is -0.132. The molecule has 1 saturated carbocycles. The van der Waals surface area contributed by atoms with E-state index in [0.717, 1.165) is 16.9 Å². The number of anilines is 3. The highest BCUT2D eigenvalue weighted by Gasteiger charge is 2.58. The molecule has 5 heteroatoms. The molecule has 0 unspecified atom stereocenters. The molecule has 0 heterocycles. The first-order valence-electron chi connectivity index (χ1n) is 9.35. The largest absolute Gasteiger partial charge is 0.378 e. The third-order valence-corrected chi connectivity index (χ3v) is 5.11. The summed E-state index contributed by atoms with van der Waals surface area (Å²) >= 11 is 0. The van der Waals surface area contributed by atoms with Crippen molar-refractivity contribution in [3.63, 3.8) is 0 Å². The zero-order chi connectivity index (χ0) is 19.6. The van der Waals surface area contributed by atoms with Crippen LogP contribution in [0, 0.1) is 12.3 Å². The van der Waals surface area contributed by atoms with Crippen LogP contribution in [-0.4, -0.2) is 32.5 Å². The molecular formula is C22H27N3O2. The van der Waals surface area contributed by atoms with E-state index in [1.54, 1.807) is 4.90 Å². The first-order chi connectivity index (χ1) is 12.9. The Labute approximate surface area is 161 Å². The van der Waals surface area contributed by atoms with Gasteiger partial charge < -0.3 is 15.1 Å². The first-order valence-corrected chi connectivity index (χ1v) is 9.35. The van der Waals surface area contributed by atoms with E-state index in [0.29, 0.717) is 25.1 Å². The highest BCUT2D eigenvalue weighted by Crippen LogP contribution is 2.48. The molecule has 27 heavy (non-hydrogen) atoms. The monoisotopic (exact) mass is 365 g/mol. The lowest BCUT2D eigenvalue weighted by atomic mass is 10.0. The Bertz CT molecular complexity index is 839. The zero-order valence-electron chi connectivity index (χ0n) is 16.5. The Kier molecular flexibility index (Phi) is 5.22. The number of carbonyl (C=O) groups is 2. The fourth-order valence-electron chi connectivity index (χ4n) is 3.25. The van der Waals surface area contributed by atoms with E-state index in [9.17, 15) is 9.59 Å². The van der Waals surface area contributed by atoms with Gasteiger partial charge in [0.1, 0.15) is 5.41 Å². The van der Waals surface area contributed by atoms with Gasteiger partial charge in [-0.3, -0.25) is 9.59 Å². The van der Waals surface area contributed by atoms with Gasteiger partial charge in [0.05, 0.1) is 0 Å². The Morgan fingerprint density at radius 1 is 1.04 bits per heavy atom. The molecule has 1 aliphatic carbocycles. The number of aryl methyl sites for hydroxylation is 1. The summed E-state index contributed by atoms with van der Waals surface area (Å²) in [6, 6.07) is 15.5. The molecule has 1 N–H and O–H groups in total. The van der Waals surface area contributed by atoms with Crippen LogP contribution in [0.2, 0.25) is 0 Å². The summed E-state index contributed by atoms with van der Waals surface area (Å²) in [6.07, 6.45) is 1.19. The van der Waals surface area contributed by atoms with Crippen LogP contribution in [0.3, 0.4) is 0 Å². The molecule has 5 nitrogen and oxygen atoms in total. The molecule has 142 valence electrons. The molecule has 1 fully saturated rings. The van der Waals surface area contributed by atoms with Crippen molar-refractivity contribution in [1.29, 1.82) is 0 Å². The van der Waals surface area contributed by atoms with Crippen LogP contribution in [0.5, 0.6) is 0 Å². The fourth-order valence-corrected chi connectivity index (χ4v) is 3.25. The van der Waals surface area contributed by atoms with Crippen molar-refractivity contribution < 1.29 is 9.59 Å². The third kappa shape index (κ3) is 3.82. The van der Waals surface area contributed by atoms with Gasteiger partial charge >= 0.3 is 0 Å². The molecule has 0 aliphatic heterocycles. The molecule has 2 aromatic rings. The average molecular weight is 365 g/mol. The highest BCUT2D eigenvalue weighted by atomic mass is 16.2. The van der Waals surface area contributed by atoms with Crippen LogP contribution in [0.15, 0.2) is 48.5 Å². The Morgan fingerprint density at radius 3 is 2.22 bits per heavy atom. The maximum Gasteiger partial charge on any atom is 0.242 e. The van der Waals surface area contributed by atoms with E-state index in [-0.39, 0.29) is 11.8 Å². The SMILES string of the molecule is CCN(C(=O)C1(C(=O)Nc2ccc(N(C)C)cc2)CC1)c1cccc(C)c1. The second kappa shape index (κ2) is 7.43. The molecule has 3 rings (SSSR count). The van der Waals surface area contributed by atoms with E-state index in [1.807, 2.05) is 81.4 Å². The van der Waals surface area contributed by atoms with Gasteiger partial charge in [0.2, 0.25) is 11.8 Å². The fraction of sp³-hybridized carbons (Fsp3) is 0.364. The quantitative estimate of drug-likeness (QED) is 0.792. The van der Waals surface area contributed by atoms with Crippen molar-refractivity contribution in [3.05, 3.63) is 54.1 Å². The molecule has 0 aromatic heterocycles. The minimum Gasteiger partial charge on any atom is -0.378 e. The van der Waals surface area contributed by atoms with E-state index in [1.165, 1.54) is 0 Å². The predicted octanol–water partition coefficient (Wildman–Crippen LogP) is 3.83. The highest BCUT2D eigenvalue weighted by molar-refractivity contribution is 6.17. The van der Waals surface area contributed by atoms with E-state index >= 15 is 0 Å². The van der Waals surface area contributed by atoms with E-state index < -0.39 is 5.41 Å². The first kappa shape index (κ1) is 19.0. The minimum atomic E-state index is -0.944. The van der Waals surface area contributed by atoms with Crippen LogP contribution in [0.1, 0.15) is 25.3 Å². The van der Waals surface area contributed by atoms with Crippen molar-refractivity contribution >= 4 is 28.9 Å². The molecule has 0 atom stereocenters. The smallest absolute Gasteiger partial charge is 0.242 e. The topological polar surface area (TPSA) is 52.7 Å². The molecule has 2 amide bonds. The summed E-state index contributed by atoms with van der Waals surface area (Å²) in [5, 5.41) is 2.93. The van der Waals surface area contributed by atoms with Gasteiger partial charge in [-0.25, -0.2) is 0 Å². The van der Waals surface area contributed by atoms with Crippen LogP contribution >= 0.6 is 0 Å². The number of hydrogen-bond acceptors (Lipinski definition) is 3. The normalized spacial score (nSPS) is 14.4. The second-order valence-electron chi connectivity index (χ2n) is 7.37. The maximum atomic E-state index is 13.2. The number of benzene rings is 2. The van der Waals surface area contributed by atoms with Crippen molar-refractivity contribution in [3.8, 4) is 0 Å². The lowest BCUT2D eigenvalue weighted by Gasteiger charge is -2.26. The van der Waals surface area contributed by atoms with Gasteiger partial charge in [0.25, 0.3) is 0 Å². The van der Waals surface area contributed by atoms with E-state index in [4.69, 9.17) is 0 Å². The van der Waals surface area contributed by atoms with Crippen LogP contribution < -0.4 is 15.1 Å². The average Bonchev–Trinajstić information content (AvgIpc) is 3.45. The zero-order valence-corrected chi connectivity index (χ0v) is 16.5. The molecule has 0 saturated heterocycles. The lowest BCUT2D eigenvalue weighted by Crippen LogP contribution is -2.43. The van der Waals surface area contributed by atoms with Crippen molar-refractivity contribution in [1.82, 2.24) is 0 Å². The van der Waals surface area contributed by atoms with Gasteiger partial charge in [-0.2, -0.15) is 0 Å². The Balaban J connectivity index is 1.76. The summed E-state index contributed by atoms with van der Waals surface area (Å²) in [5.74, 6) is -0.325. The second-order valence-corrected chi connectivity index (χ2v) is 7.37. The third-order valence-electron chi connectivity index (χ3n) is 5.11. The maximum absolute atomic E-state index is 13.2. The molecule has 0 bridgehead atoms. The number of amides is 2. The number of rotatable bonds is 6. The number of nitrogens with one attached hydrogen (secondary N) is 1. The Hall–Kier alpha value is -2.82. The van der Waals surface area contributed by atoms with Gasteiger partial charge in [0.15, 0.2) is 0 Å². The minimum absolute atomic E-state index is 0.113. The van der Waals surface area contributed by atoms with Gasteiger partial charge in [-0.05, 0) is 68.7 Å². The van der Waals surface area contributed by atoms with Gasteiger partial charge in [0, 0.05) is 37.7 Å². The molecule has 1 aliphatic rings. The van der Waals surface area contributed by atoms with Crippen molar-refractivity contribution in [2.24, 2.45) is 5.41 Å². The van der Waals surface area contributed by atoms with Crippen molar-refractivity contribution in [2.45, 2.75) is 26.7 Å². The molecular weight excluding hydrogens is 338 g/mol. The van der Waals surface area contributed by atoms with Crippen molar-refractivity contribution in [2.75, 3.05) is 35.8 Å². The van der Waals surface area contributed by atoms with E-state index in [2.05, 4.69) is 5.32 Å². The van der Waals surface area contributed by atoms with Crippen LogP contribution in [-0.2, 0) is 9.59 Å². The summed E-state index contributed by atoms with van der Waals surface area (Å²) < 4.78 is 0. The Morgan fingerprint density at radius 2 is 1.70 bits per heavy atom. The summed E-state index contributed by atoms with van der Waals surface area (Å²) in [5.41, 5.74) is 2.76. The standard InChI is InChI=1S/C22H27N3O2/c1-5-25(19-8-6-7-16(2)15-19)21(27)22(13-14-22)20(26)23-17-9-11-18(12-10-17)24(3)4/h6-12,15H,5,13-14H2,1-4H3,(H,23,26). The van der Waals surface area contributed by atoms with Gasteiger partial charge in [-0.15, -0.1) is 0 Å². The predicted molar refractivity (Wildman–Crippen MR) is 110 cm³/mol. The number of nitrogens with zero attached hydrogens (tertiary/aromatic N) is 2. The molecule has 0 spiro atoms. The van der Waals surface area contributed by atoms with Crippen LogP contribution in [0.4, 0.5) is 17.1 Å². The molecule has 0 radical (unpaired) electrons. The summed E-state index contributed by atoms with van der Waals surface area (Å²) in [7, 11) is 3.94. The summed E-state index contributed by atoms with van der Waals surface area (Å²) in [4.78, 5) is 29.8. The number of hydrogen-bond donors (Lipinski definition) is 1. The summed E-state index contributed by atoms with van der Waals surface area (Å²) in [6.45, 7) is 4.47. The number of carbonyl (C=O) groups excluding carboxylic acids is 2. The molecule has 2 aromatic carbocycles.